The van der Waals surface area contributed by atoms with Gasteiger partial charge in [-0.3, -0.25) is 4.79 Å². The highest BCUT2D eigenvalue weighted by Crippen LogP contribution is 2.15. The summed E-state index contributed by atoms with van der Waals surface area (Å²) >= 11 is 5.86. The number of nitrogens with one attached hydrogen (secondary N) is 1. The number of hydrogen-bond donors (Lipinski definition) is 1. The number of methoxy groups -OCH3 is 1. The third-order valence-electron chi connectivity index (χ3n) is 3.12. The largest absolute Gasteiger partial charge is 0.497 e. The van der Waals surface area contributed by atoms with Crippen LogP contribution in [0.25, 0.3) is 5.69 Å². The van der Waals surface area contributed by atoms with Crippen LogP contribution < -0.4 is 10.1 Å². The zero-order valence-corrected chi connectivity index (χ0v) is 13.0. The molecule has 1 aromatic carbocycles. The molecule has 2 heterocycles. The second-order valence-corrected chi connectivity index (χ2v) is 5.09. The molecule has 1 N–H and O–H groups in total. The van der Waals surface area contributed by atoms with Crippen molar-refractivity contribution < 1.29 is 9.53 Å². The van der Waals surface area contributed by atoms with Gasteiger partial charge in [-0.15, -0.1) is 0 Å². The van der Waals surface area contributed by atoms with Crippen molar-refractivity contribution in [1.29, 1.82) is 0 Å². The topological polar surface area (TPSA) is 69.0 Å². The Bertz CT molecular complexity index is 830. The maximum atomic E-state index is 12.2. The van der Waals surface area contributed by atoms with Gasteiger partial charge in [-0.05, 0) is 42.5 Å². The Kier molecular flexibility index (Phi) is 4.25. The summed E-state index contributed by atoms with van der Waals surface area (Å²) in [5, 5.41) is 7.41. The summed E-state index contributed by atoms with van der Waals surface area (Å²) in [6, 6.07) is 12.2. The summed E-state index contributed by atoms with van der Waals surface area (Å²) < 4.78 is 6.72. The fourth-order valence-corrected chi connectivity index (χ4v) is 2.14. The standard InChI is InChI=1S/C16H13ClN4O2/c1-23-13-4-2-12(3-5-13)21-9-7-14(20-21)16(22)19-15-10-11(17)6-8-18-15/h2-10H,1H3,(H,18,19,22). The van der Waals surface area contributed by atoms with E-state index in [0.29, 0.717) is 10.8 Å². The lowest BCUT2D eigenvalue weighted by molar-refractivity contribution is 0.102. The van der Waals surface area contributed by atoms with Gasteiger partial charge in [0.15, 0.2) is 5.69 Å². The molecule has 3 rings (SSSR count). The Balaban J connectivity index is 1.76. The Morgan fingerprint density at radius 1 is 1.22 bits per heavy atom. The summed E-state index contributed by atoms with van der Waals surface area (Å²) in [6.07, 6.45) is 3.23. The highest BCUT2D eigenvalue weighted by molar-refractivity contribution is 6.30. The number of carbonyl (C=O) groups excluding carboxylic acids is 1. The fourth-order valence-electron chi connectivity index (χ4n) is 1.98. The molecular weight excluding hydrogens is 316 g/mol. The van der Waals surface area contributed by atoms with E-state index in [1.165, 1.54) is 6.20 Å². The average molecular weight is 329 g/mol. The minimum absolute atomic E-state index is 0.280. The van der Waals surface area contributed by atoms with Crippen molar-refractivity contribution in [3.8, 4) is 11.4 Å². The van der Waals surface area contributed by atoms with Gasteiger partial charge in [0.25, 0.3) is 5.91 Å². The lowest BCUT2D eigenvalue weighted by Crippen LogP contribution is -2.14. The lowest BCUT2D eigenvalue weighted by atomic mass is 10.3. The predicted molar refractivity (Wildman–Crippen MR) is 87.3 cm³/mol. The van der Waals surface area contributed by atoms with Crippen LogP contribution >= 0.6 is 11.6 Å². The van der Waals surface area contributed by atoms with E-state index in [9.17, 15) is 4.79 Å². The Hall–Kier alpha value is -2.86. The molecule has 0 unspecified atom stereocenters. The van der Waals surface area contributed by atoms with Gasteiger partial charge in [-0.2, -0.15) is 5.10 Å². The Morgan fingerprint density at radius 3 is 2.70 bits per heavy atom. The summed E-state index contributed by atoms with van der Waals surface area (Å²) in [6.45, 7) is 0. The van der Waals surface area contributed by atoms with Gasteiger partial charge >= 0.3 is 0 Å². The minimum atomic E-state index is -0.355. The first-order valence-electron chi connectivity index (χ1n) is 6.79. The number of benzene rings is 1. The summed E-state index contributed by atoms with van der Waals surface area (Å²) in [4.78, 5) is 16.2. The second-order valence-electron chi connectivity index (χ2n) is 4.66. The molecule has 6 nitrogen and oxygen atoms in total. The van der Waals surface area contributed by atoms with Crippen molar-refractivity contribution >= 4 is 23.3 Å². The molecule has 0 bridgehead atoms. The minimum Gasteiger partial charge on any atom is -0.497 e. The van der Waals surface area contributed by atoms with Gasteiger partial charge < -0.3 is 10.1 Å². The number of amides is 1. The molecule has 7 heteroatoms. The van der Waals surface area contributed by atoms with Crippen molar-refractivity contribution in [2.24, 2.45) is 0 Å². The van der Waals surface area contributed by atoms with Crippen LogP contribution in [0.3, 0.4) is 0 Å². The molecule has 0 saturated carbocycles. The van der Waals surface area contributed by atoms with Crippen LogP contribution in [-0.4, -0.2) is 27.8 Å². The van der Waals surface area contributed by atoms with Crippen molar-refractivity contribution in [3.05, 3.63) is 65.6 Å². The summed E-state index contributed by atoms with van der Waals surface area (Å²) in [7, 11) is 1.61. The predicted octanol–water partition coefficient (Wildman–Crippen LogP) is 3.18. The molecule has 0 aliphatic carbocycles. The van der Waals surface area contributed by atoms with Crippen LogP contribution in [0.1, 0.15) is 10.5 Å². The number of halogens is 1. The number of ether oxygens (including phenoxy) is 1. The fraction of sp³-hybridized carbons (Fsp3) is 0.0625. The Morgan fingerprint density at radius 2 is 2.00 bits per heavy atom. The van der Waals surface area contributed by atoms with Gasteiger partial charge in [-0.25, -0.2) is 9.67 Å². The van der Waals surface area contributed by atoms with E-state index in [-0.39, 0.29) is 11.6 Å². The maximum Gasteiger partial charge on any atom is 0.277 e. The quantitative estimate of drug-likeness (QED) is 0.798. The van der Waals surface area contributed by atoms with Crippen LogP contribution in [0, 0.1) is 0 Å². The van der Waals surface area contributed by atoms with Gasteiger partial charge in [0.05, 0.1) is 12.8 Å². The smallest absolute Gasteiger partial charge is 0.277 e. The third-order valence-corrected chi connectivity index (χ3v) is 3.36. The van der Waals surface area contributed by atoms with Crippen LogP contribution in [0.5, 0.6) is 5.75 Å². The average Bonchev–Trinajstić information content (AvgIpc) is 3.05. The molecule has 116 valence electrons. The van der Waals surface area contributed by atoms with Crippen LogP contribution in [0.2, 0.25) is 5.02 Å². The maximum absolute atomic E-state index is 12.2. The van der Waals surface area contributed by atoms with Gasteiger partial charge in [-0.1, -0.05) is 11.6 Å². The van der Waals surface area contributed by atoms with Crippen molar-refractivity contribution in [2.45, 2.75) is 0 Å². The number of aromatic nitrogens is 3. The van der Waals surface area contributed by atoms with E-state index in [1.54, 1.807) is 36.2 Å². The van der Waals surface area contributed by atoms with Crippen molar-refractivity contribution in [1.82, 2.24) is 14.8 Å². The number of hydrogen-bond acceptors (Lipinski definition) is 4. The summed E-state index contributed by atoms with van der Waals surface area (Å²) in [5.74, 6) is 0.777. The van der Waals surface area contributed by atoms with E-state index in [4.69, 9.17) is 16.3 Å². The van der Waals surface area contributed by atoms with E-state index >= 15 is 0 Å². The molecule has 1 amide bonds. The first-order chi connectivity index (χ1) is 11.2. The molecule has 0 fully saturated rings. The first-order valence-corrected chi connectivity index (χ1v) is 7.16. The molecule has 0 aliphatic heterocycles. The molecule has 0 saturated heterocycles. The van der Waals surface area contributed by atoms with E-state index < -0.39 is 0 Å². The second kappa shape index (κ2) is 6.50. The van der Waals surface area contributed by atoms with Crippen molar-refractivity contribution in [3.63, 3.8) is 0 Å². The van der Waals surface area contributed by atoms with E-state index in [2.05, 4.69) is 15.4 Å². The monoisotopic (exact) mass is 328 g/mol. The number of pyridine rings is 1. The zero-order valence-electron chi connectivity index (χ0n) is 12.2. The van der Waals surface area contributed by atoms with E-state index in [0.717, 1.165) is 11.4 Å². The molecule has 23 heavy (non-hydrogen) atoms. The van der Waals surface area contributed by atoms with Crippen LogP contribution in [0.15, 0.2) is 54.9 Å². The molecule has 0 atom stereocenters. The van der Waals surface area contributed by atoms with Gasteiger partial charge in [0, 0.05) is 17.4 Å². The van der Waals surface area contributed by atoms with Crippen LogP contribution in [0.4, 0.5) is 5.82 Å². The molecule has 0 radical (unpaired) electrons. The first kappa shape index (κ1) is 15.1. The van der Waals surface area contributed by atoms with Gasteiger partial charge in [0.1, 0.15) is 11.6 Å². The number of nitrogens with zero attached hydrogens (tertiary/aromatic N) is 3. The molecular formula is C16H13ClN4O2. The third kappa shape index (κ3) is 3.49. The van der Waals surface area contributed by atoms with E-state index in [1.807, 2.05) is 24.3 Å². The highest BCUT2D eigenvalue weighted by Gasteiger charge is 2.11. The number of anilines is 1. The highest BCUT2D eigenvalue weighted by atomic mass is 35.5. The normalized spacial score (nSPS) is 10.3. The molecule has 0 spiro atoms. The van der Waals surface area contributed by atoms with Crippen LogP contribution in [-0.2, 0) is 0 Å². The van der Waals surface area contributed by atoms with Gasteiger partial charge in [0.2, 0.25) is 0 Å². The lowest BCUT2D eigenvalue weighted by Gasteiger charge is -2.04. The zero-order chi connectivity index (χ0) is 16.2. The molecule has 0 aliphatic rings. The number of rotatable bonds is 4. The molecule has 2 aromatic heterocycles. The molecule has 3 aromatic rings. The van der Waals surface area contributed by atoms with Crippen molar-refractivity contribution in [2.75, 3.05) is 12.4 Å². The Labute approximate surface area is 137 Å². The number of carbonyl (C=O) groups is 1. The summed E-state index contributed by atoms with van der Waals surface area (Å²) in [5.41, 5.74) is 1.10. The SMILES string of the molecule is COc1ccc(-n2ccc(C(=O)Nc3cc(Cl)ccn3)n2)cc1.